The fraction of sp³-hybridized carbons (Fsp3) is 0.800. The Labute approximate surface area is 54.3 Å². The predicted molar refractivity (Wildman–Crippen MR) is 33.6 cm³/mol. The van der Waals surface area contributed by atoms with Crippen LogP contribution in [0.5, 0.6) is 0 Å². The Morgan fingerprint density at radius 1 is 1.78 bits per heavy atom. The van der Waals surface area contributed by atoms with E-state index in [9.17, 15) is 4.79 Å². The zero-order valence-electron chi connectivity index (χ0n) is 5.52. The van der Waals surface area contributed by atoms with Crippen LogP contribution in [0.15, 0.2) is 0 Å². The Kier molecular flexibility index (Phi) is 4.91. The SMILES string of the molecule is CCCCNC(=O)ON. The number of hydrogen-bond donors (Lipinski definition) is 2. The van der Waals surface area contributed by atoms with Crippen molar-refractivity contribution in [1.29, 1.82) is 0 Å². The Bertz CT molecular complexity index is 85.0. The highest BCUT2D eigenvalue weighted by Gasteiger charge is 1.94. The highest BCUT2D eigenvalue weighted by atomic mass is 16.7. The quantitative estimate of drug-likeness (QED) is 0.431. The van der Waals surface area contributed by atoms with E-state index >= 15 is 0 Å². The first-order valence-corrected chi connectivity index (χ1v) is 2.95. The third-order valence-electron chi connectivity index (χ3n) is 0.907. The number of carbonyl (C=O) groups excluding carboxylic acids is 1. The standard InChI is InChI=1S/C5H12N2O2/c1-2-3-4-7-5(8)9-6/h2-4,6H2,1H3,(H,7,8). The summed E-state index contributed by atoms with van der Waals surface area (Å²) in [6.45, 7) is 2.67. The van der Waals surface area contributed by atoms with Gasteiger partial charge in [-0.15, -0.1) is 0 Å². The van der Waals surface area contributed by atoms with Crippen LogP contribution in [0.4, 0.5) is 4.79 Å². The summed E-state index contributed by atoms with van der Waals surface area (Å²) >= 11 is 0. The van der Waals surface area contributed by atoms with Crippen molar-refractivity contribution in [3.8, 4) is 0 Å². The normalized spacial score (nSPS) is 8.67. The van der Waals surface area contributed by atoms with Crippen LogP contribution in [-0.2, 0) is 4.84 Å². The van der Waals surface area contributed by atoms with E-state index in [1.54, 1.807) is 0 Å². The lowest BCUT2D eigenvalue weighted by atomic mass is 10.3. The van der Waals surface area contributed by atoms with Crippen LogP contribution in [0.3, 0.4) is 0 Å². The second kappa shape index (κ2) is 5.37. The Morgan fingerprint density at radius 2 is 2.44 bits per heavy atom. The molecular weight excluding hydrogens is 120 g/mol. The molecule has 0 unspecified atom stereocenters. The molecule has 0 saturated heterocycles. The number of unbranched alkanes of at least 4 members (excludes halogenated alkanes) is 1. The van der Waals surface area contributed by atoms with Crippen LogP contribution in [0.25, 0.3) is 0 Å². The fourth-order valence-corrected chi connectivity index (χ4v) is 0.409. The van der Waals surface area contributed by atoms with E-state index in [1.165, 1.54) is 0 Å². The van der Waals surface area contributed by atoms with Gasteiger partial charge in [0.05, 0.1) is 0 Å². The second-order valence-electron chi connectivity index (χ2n) is 1.69. The molecule has 9 heavy (non-hydrogen) atoms. The molecule has 1 amide bonds. The molecule has 0 rings (SSSR count). The minimum absolute atomic E-state index is 0.566. The van der Waals surface area contributed by atoms with Gasteiger partial charge < -0.3 is 10.2 Å². The van der Waals surface area contributed by atoms with Gasteiger partial charge in [-0.3, -0.25) is 0 Å². The number of nitrogens with one attached hydrogen (secondary N) is 1. The topological polar surface area (TPSA) is 64.3 Å². The maximum Gasteiger partial charge on any atom is 0.425 e. The molecule has 0 bridgehead atoms. The van der Waals surface area contributed by atoms with Crippen LogP contribution in [-0.4, -0.2) is 12.6 Å². The van der Waals surface area contributed by atoms with Crippen LogP contribution >= 0.6 is 0 Å². The van der Waals surface area contributed by atoms with E-state index in [4.69, 9.17) is 0 Å². The number of hydrogen-bond acceptors (Lipinski definition) is 3. The largest absolute Gasteiger partial charge is 0.425 e. The summed E-state index contributed by atoms with van der Waals surface area (Å²) < 4.78 is 0. The van der Waals surface area contributed by atoms with Crippen LogP contribution in [0, 0.1) is 0 Å². The maximum atomic E-state index is 10.2. The number of nitrogens with two attached hydrogens (primary N) is 1. The van der Waals surface area contributed by atoms with Gasteiger partial charge in [0.2, 0.25) is 0 Å². The third-order valence-corrected chi connectivity index (χ3v) is 0.907. The number of rotatable bonds is 3. The summed E-state index contributed by atoms with van der Waals surface area (Å²) in [5.74, 6) is 4.54. The molecule has 54 valence electrons. The van der Waals surface area contributed by atoms with Gasteiger partial charge in [-0.2, -0.15) is 5.90 Å². The Balaban J connectivity index is 2.97. The van der Waals surface area contributed by atoms with Crippen molar-refractivity contribution in [2.24, 2.45) is 5.90 Å². The van der Waals surface area contributed by atoms with E-state index < -0.39 is 6.09 Å². The van der Waals surface area contributed by atoms with E-state index in [0.717, 1.165) is 12.8 Å². The van der Waals surface area contributed by atoms with Gasteiger partial charge in [0.25, 0.3) is 0 Å². The second-order valence-corrected chi connectivity index (χ2v) is 1.69. The van der Waals surface area contributed by atoms with Crippen molar-refractivity contribution in [2.45, 2.75) is 19.8 Å². The van der Waals surface area contributed by atoms with Crippen LogP contribution < -0.4 is 11.2 Å². The molecule has 0 fully saturated rings. The molecule has 0 atom stereocenters. The van der Waals surface area contributed by atoms with Crippen molar-refractivity contribution >= 4 is 6.09 Å². The molecule has 4 heteroatoms. The maximum absolute atomic E-state index is 10.2. The highest BCUT2D eigenvalue weighted by Crippen LogP contribution is 1.81. The molecule has 0 aromatic rings. The minimum atomic E-state index is -0.566. The molecule has 0 saturated carbocycles. The number of carbonyl (C=O) groups is 1. The van der Waals surface area contributed by atoms with Crippen LogP contribution in [0.1, 0.15) is 19.8 Å². The van der Waals surface area contributed by atoms with E-state index in [0.29, 0.717) is 6.54 Å². The van der Waals surface area contributed by atoms with Gasteiger partial charge in [0, 0.05) is 6.54 Å². The van der Waals surface area contributed by atoms with Crippen molar-refractivity contribution < 1.29 is 9.63 Å². The first-order valence-electron chi connectivity index (χ1n) is 2.95. The van der Waals surface area contributed by atoms with Crippen molar-refractivity contribution in [1.82, 2.24) is 5.32 Å². The monoisotopic (exact) mass is 132 g/mol. The van der Waals surface area contributed by atoms with Crippen molar-refractivity contribution in [3.63, 3.8) is 0 Å². The molecule has 4 nitrogen and oxygen atoms in total. The smallest absolute Gasteiger partial charge is 0.357 e. The predicted octanol–water partition coefficient (Wildman–Crippen LogP) is 0.386. The molecule has 0 heterocycles. The lowest BCUT2D eigenvalue weighted by molar-refractivity contribution is 0.148. The van der Waals surface area contributed by atoms with Crippen LogP contribution in [0.2, 0.25) is 0 Å². The average molecular weight is 132 g/mol. The Hall–Kier alpha value is -0.770. The zero-order valence-corrected chi connectivity index (χ0v) is 5.52. The average Bonchev–Trinajstić information content (AvgIpc) is 1.89. The first-order chi connectivity index (χ1) is 4.31. The Morgan fingerprint density at radius 3 is 2.89 bits per heavy atom. The van der Waals surface area contributed by atoms with Gasteiger partial charge in [0.15, 0.2) is 0 Å². The van der Waals surface area contributed by atoms with E-state index in [1.807, 2.05) is 6.92 Å². The summed E-state index contributed by atoms with van der Waals surface area (Å²) in [6, 6.07) is 0. The van der Waals surface area contributed by atoms with Gasteiger partial charge in [-0.1, -0.05) is 13.3 Å². The summed E-state index contributed by atoms with van der Waals surface area (Å²) in [5.41, 5.74) is 0. The minimum Gasteiger partial charge on any atom is -0.357 e. The van der Waals surface area contributed by atoms with Crippen molar-refractivity contribution in [2.75, 3.05) is 6.54 Å². The van der Waals surface area contributed by atoms with Gasteiger partial charge in [-0.05, 0) is 6.42 Å². The molecule has 0 spiro atoms. The van der Waals surface area contributed by atoms with Gasteiger partial charge in [-0.25, -0.2) is 4.79 Å². The van der Waals surface area contributed by atoms with E-state index in [2.05, 4.69) is 16.1 Å². The molecule has 0 aromatic heterocycles. The van der Waals surface area contributed by atoms with Gasteiger partial charge in [0.1, 0.15) is 0 Å². The molecular formula is C5H12N2O2. The lowest BCUT2D eigenvalue weighted by Crippen LogP contribution is -2.27. The molecule has 0 radical (unpaired) electrons. The third kappa shape index (κ3) is 5.10. The lowest BCUT2D eigenvalue weighted by Gasteiger charge is -1.98. The molecule has 0 aliphatic rings. The molecule has 0 aromatic carbocycles. The fourth-order valence-electron chi connectivity index (χ4n) is 0.409. The van der Waals surface area contributed by atoms with Crippen molar-refractivity contribution in [3.05, 3.63) is 0 Å². The summed E-state index contributed by atoms with van der Waals surface area (Å²) in [7, 11) is 0. The molecule has 0 aliphatic heterocycles. The summed E-state index contributed by atoms with van der Waals surface area (Å²) in [5, 5.41) is 2.45. The number of amides is 1. The summed E-state index contributed by atoms with van der Waals surface area (Å²) in [4.78, 5) is 14.1. The van der Waals surface area contributed by atoms with E-state index in [-0.39, 0.29) is 0 Å². The first kappa shape index (κ1) is 8.23. The zero-order chi connectivity index (χ0) is 7.11. The molecule has 0 aliphatic carbocycles. The van der Waals surface area contributed by atoms with Gasteiger partial charge >= 0.3 is 6.09 Å². The summed E-state index contributed by atoms with van der Waals surface area (Å²) in [6.07, 6.45) is 1.43. The molecule has 3 N–H and O–H groups in total. The highest BCUT2D eigenvalue weighted by molar-refractivity contribution is 5.66.